The van der Waals surface area contributed by atoms with E-state index < -0.39 is 6.04 Å². The summed E-state index contributed by atoms with van der Waals surface area (Å²) in [6.45, 7) is 1.42. The Hall–Kier alpha value is -2.37. The number of rotatable bonds is 5. The van der Waals surface area contributed by atoms with Crippen LogP contribution in [0, 0.1) is 5.92 Å². The minimum absolute atomic E-state index is 0.0145. The van der Waals surface area contributed by atoms with Crippen LogP contribution in [0.3, 0.4) is 0 Å². The fourth-order valence-corrected chi connectivity index (χ4v) is 3.02. The first-order valence-electron chi connectivity index (χ1n) is 8.47. The quantitative estimate of drug-likeness (QED) is 0.721. The van der Waals surface area contributed by atoms with Crippen molar-refractivity contribution >= 4 is 17.7 Å². The number of carbonyl (C=O) groups excluding carboxylic acids is 3. The van der Waals surface area contributed by atoms with Gasteiger partial charge >= 0.3 is 0 Å². The molecule has 1 saturated carbocycles. The highest BCUT2D eigenvalue weighted by Crippen LogP contribution is 2.23. The summed E-state index contributed by atoms with van der Waals surface area (Å²) in [5, 5.41) is 2.77. The molecular weight excluding hydrogens is 306 g/mol. The van der Waals surface area contributed by atoms with E-state index in [9.17, 15) is 14.4 Å². The molecule has 0 spiro atoms. The van der Waals surface area contributed by atoms with Crippen molar-refractivity contribution in [2.24, 2.45) is 5.92 Å². The minimum Gasteiger partial charge on any atom is -0.349 e. The Balaban J connectivity index is 1.85. The Kier molecular flexibility index (Phi) is 6.78. The van der Waals surface area contributed by atoms with E-state index in [-0.39, 0.29) is 30.1 Å². The van der Waals surface area contributed by atoms with Gasteiger partial charge in [-0.05, 0) is 18.4 Å². The van der Waals surface area contributed by atoms with Gasteiger partial charge in [0.05, 0.1) is 12.5 Å². The summed E-state index contributed by atoms with van der Waals surface area (Å²) in [5.74, 6) is -0.678. The summed E-state index contributed by atoms with van der Waals surface area (Å²) in [5.41, 5.74) is 5.82. The van der Waals surface area contributed by atoms with Gasteiger partial charge in [-0.3, -0.25) is 25.2 Å². The van der Waals surface area contributed by atoms with Crippen LogP contribution in [-0.2, 0) is 14.4 Å². The second kappa shape index (κ2) is 9.05. The molecule has 1 atom stereocenters. The van der Waals surface area contributed by atoms with Crippen LogP contribution in [0.25, 0.3) is 0 Å². The van der Waals surface area contributed by atoms with Crippen LogP contribution in [0.15, 0.2) is 30.3 Å². The van der Waals surface area contributed by atoms with Gasteiger partial charge in [0.1, 0.15) is 0 Å². The molecule has 3 N–H and O–H groups in total. The second-order valence-corrected chi connectivity index (χ2v) is 6.24. The van der Waals surface area contributed by atoms with E-state index in [0.717, 1.165) is 31.2 Å². The summed E-state index contributed by atoms with van der Waals surface area (Å²) in [4.78, 5) is 35.5. The third-order valence-electron chi connectivity index (χ3n) is 4.27. The molecule has 0 aromatic heterocycles. The zero-order valence-corrected chi connectivity index (χ0v) is 14.0. The van der Waals surface area contributed by atoms with Gasteiger partial charge in [0, 0.05) is 12.8 Å². The summed E-state index contributed by atoms with van der Waals surface area (Å²) in [7, 11) is 0. The summed E-state index contributed by atoms with van der Waals surface area (Å²) in [6, 6.07) is 8.87. The van der Waals surface area contributed by atoms with Crippen LogP contribution < -0.4 is 16.2 Å². The standard InChI is InChI=1S/C18H25N3O3/c1-13(22)19-16(14-8-4-2-5-9-14)12-17(23)20-21-18(24)15-10-6-3-7-11-15/h2,4-5,8-9,15-16H,3,6-7,10-12H2,1H3,(H,19,22)(H,20,23)(H,21,24)/t16-/m1/s1. The maximum atomic E-state index is 12.1. The van der Waals surface area contributed by atoms with E-state index in [2.05, 4.69) is 16.2 Å². The smallest absolute Gasteiger partial charge is 0.241 e. The molecule has 0 heterocycles. The zero-order valence-electron chi connectivity index (χ0n) is 14.0. The highest BCUT2D eigenvalue weighted by Gasteiger charge is 2.22. The molecule has 3 amide bonds. The number of carbonyl (C=O) groups is 3. The Bertz CT molecular complexity index is 568. The first-order valence-corrected chi connectivity index (χ1v) is 8.47. The van der Waals surface area contributed by atoms with Gasteiger partial charge in [-0.1, -0.05) is 49.6 Å². The van der Waals surface area contributed by atoms with Gasteiger partial charge < -0.3 is 5.32 Å². The van der Waals surface area contributed by atoms with Crippen molar-refractivity contribution in [1.82, 2.24) is 16.2 Å². The molecule has 24 heavy (non-hydrogen) atoms. The van der Waals surface area contributed by atoms with Crippen molar-refractivity contribution in [1.29, 1.82) is 0 Å². The number of nitrogens with one attached hydrogen (secondary N) is 3. The van der Waals surface area contributed by atoms with Crippen molar-refractivity contribution < 1.29 is 14.4 Å². The lowest BCUT2D eigenvalue weighted by Gasteiger charge is -2.22. The largest absolute Gasteiger partial charge is 0.349 e. The van der Waals surface area contributed by atoms with Crippen LogP contribution >= 0.6 is 0 Å². The van der Waals surface area contributed by atoms with Crippen molar-refractivity contribution in [3.8, 4) is 0 Å². The molecule has 0 aliphatic heterocycles. The van der Waals surface area contributed by atoms with E-state index in [1.807, 2.05) is 30.3 Å². The van der Waals surface area contributed by atoms with E-state index in [0.29, 0.717) is 0 Å². The monoisotopic (exact) mass is 331 g/mol. The molecule has 0 unspecified atom stereocenters. The zero-order chi connectivity index (χ0) is 17.4. The highest BCUT2D eigenvalue weighted by molar-refractivity contribution is 5.84. The average molecular weight is 331 g/mol. The lowest BCUT2D eigenvalue weighted by Crippen LogP contribution is -2.46. The molecule has 6 heteroatoms. The fourth-order valence-electron chi connectivity index (χ4n) is 3.02. The van der Waals surface area contributed by atoms with Crippen molar-refractivity contribution in [2.75, 3.05) is 0 Å². The maximum absolute atomic E-state index is 12.1. The highest BCUT2D eigenvalue weighted by atomic mass is 16.2. The summed E-state index contributed by atoms with van der Waals surface area (Å²) < 4.78 is 0. The Morgan fingerprint density at radius 2 is 1.71 bits per heavy atom. The Labute approximate surface area is 142 Å². The normalized spacial score (nSPS) is 16.0. The molecule has 1 fully saturated rings. The fraction of sp³-hybridized carbons (Fsp3) is 0.500. The third kappa shape index (κ3) is 5.68. The van der Waals surface area contributed by atoms with Gasteiger partial charge in [0.25, 0.3) is 0 Å². The summed E-state index contributed by atoms with van der Waals surface area (Å²) in [6.07, 6.45) is 5.11. The molecule has 1 aromatic rings. The van der Waals surface area contributed by atoms with Crippen LogP contribution in [0.2, 0.25) is 0 Å². The van der Waals surface area contributed by atoms with Crippen LogP contribution in [0.4, 0.5) is 0 Å². The van der Waals surface area contributed by atoms with Gasteiger partial charge in [0.2, 0.25) is 17.7 Å². The average Bonchev–Trinajstić information content (AvgIpc) is 2.60. The second-order valence-electron chi connectivity index (χ2n) is 6.24. The Morgan fingerprint density at radius 1 is 1.04 bits per heavy atom. The van der Waals surface area contributed by atoms with Crippen molar-refractivity contribution in [2.45, 2.75) is 51.5 Å². The topological polar surface area (TPSA) is 87.3 Å². The van der Waals surface area contributed by atoms with Crippen LogP contribution in [0.1, 0.15) is 57.1 Å². The molecule has 0 saturated heterocycles. The lowest BCUT2D eigenvalue weighted by molar-refractivity contribution is -0.132. The molecule has 1 aliphatic rings. The first kappa shape index (κ1) is 18.0. The van der Waals surface area contributed by atoms with Gasteiger partial charge in [-0.25, -0.2) is 0 Å². The molecule has 1 aromatic carbocycles. The lowest BCUT2D eigenvalue weighted by atomic mass is 9.89. The molecule has 1 aliphatic carbocycles. The van der Waals surface area contributed by atoms with E-state index in [1.54, 1.807) is 0 Å². The molecule has 130 valence electrons. The van der Waals surface area contributed by atoms with E-state index in [1.165, 1.54) is 13.3 Å². The van der Waals surface area contributed by atoms with Gasteiger partial charge in [0.15, 0.2) is 0 Å². The SMILES string of the molecule is CC(=O)N[C@H](CC(=O)NNC(=O)C1CCCCC1)c1ccccc1. The number of hydrogen-bond acceptors (Lipinski definition) is 3. The molecular formula is C18H25N3O3. The van der Waals surface area contributed by atoms with E-state index in [4.69, 9.17) is 0 Å². The van der Waals surface area contributed by atoms with Gasteiger partial charge in [-0.2, -0.15) is 0 Å². The molecule has 6 nitrogen and oxygen atoms in total. The summed E-state index contributed by atoms with van der Waals surface area (Å²) >= 11 is 0. The number of hydrogen-bond donors (Lipinski definition) is 3. The van der Waals surface area contributed by atoms with Crippen molar-refractivity contribution in [3.63, 3.8) is 0 Å². The van der Waals surface area contributed by atoms with Crippen LogP contribution in [0.5, 0.6) is 0 Å². The molecule has 0 bridgehead atoms. The predicted octanol–water partition coefficient (Wildman–Crippen LogP) is 1.98. The third-order valence-corrected chi connectivity index (χ3v) is 4.27. The van der Waals surface area contributed by atoms with Crippen LogP contribution in [-0.4, -0.2) is 17.7 Å². The molecule has 0 radical (unpaired) electrons. The van der Waals surface area contributed by atoms with Gasteiger partial charge in [-0.15, -0.1) is 0 Å². The number of hydrazine groups is 1. The Morgan fingerprint density at radius 3 is 2.33 bits per heavy atom. The van der Waals surface area contributed by atoms with Crippen molar-refractivity contribution in [3.05, 3.63) is 35.9 Å². The maximum Gasteiger partial charge on any atom is 0.241 e. The number of benzene rings is 1. The molecule has 2 rings (SSSR count). The first-order chi connectivity index (χ1) is 11.6. The minimum atomic E-state index is -0.421. The number of amides is 3. The predicted molar refractivity (Wildman–Crippen MR) is 90.5 cm³/mol. The van der Waals surface area contributed by atoms with E-state index >= 15 is 0 Å².